The standard InChI is InChI=1S/C52H62ClN5O10S/c1-51(2,3)67-50(60)57-22-18-42-37(34-57)7-6-8-47(42)66-48-29-40(56-25-23-55(24-26-56)33-38-17-21-52(4,5)31-44(38)36-9-11-39(53)12-10-36)13-15-43(48)49(59)68-69(63,64)41-14-16-45(46(30-41)58(61)62)54-32-35-19-27-65-28-20-35/h6-16,29-30,35,54H,17-28,31-34H2,1-5H3. The van der Waals surface area contributed by atoms with E-state index in [1.807, 2.05) is 39.0 Å². The summed E-state index contributed by atoms with van der Waals surface area (Å²) in [5.41, 5.74) is 5.57. The fraction of sp³-hybridized carbons (Fsp3) is 0.462. The quantitative estimate of drug-likeness (QED) is 0.0763. The summed E-state index contributed by atoms with van der Waals surface area (Å²) in [6.45, 7) is 16.2. The lowest BCUT2D eigenvalue weighted by Gasteiger charge is -2.39. The maximum absolute atomic E-state index is 14.1. The third kappa shape index (κ3) is 12.4. The topological polar surface area (TPSA) is 170 Å². The first kappa shape index (κ1) is 49.7. The van der Waals surface area contributed by atoms with E-state index in [-0.39, 0.29) is 34.9 Å². The fourth-order valence-electron chi connectivity index (χ4n) is 9.49. The van der Waals surface area contributed by atoms with Gasteiger partial charge in [-0.2, -0.15) is 8.42 Å². The van der Waals surface area contributed by atoms with Gasteiger partial charge >= 0.3 is 22.2 Å². The minimum absolute atomic E-state index is 0.0688. The van der Waals surface area contributed by atoms with Crippen LogP contribution in [0.15, 0.2) is 89.3 Å². The van der Waals surface area contributed by atoms with Crippen LogP contribution in [0.4, 0.5) is 21.9 Å². The number of allylic oxidation sites excluding steroid dienone is 1. The number of amides is 1. The van der Waals surface area contributed by atoms with Gasteiger partial charge in [0, 0.05) is 94.0 Å². The minimum Gasteiger partial charge on any atom is -0.456 e. The number of halogens is 1. The van der Waals surface area contributed by atoms with Crippen molar-refractivity contribution < 1.29 is 41.3 Å². The number of nitrogens with zero attached hydrogens (tertiary/aromatic N) is 4. The van der Waals surface area contributed by atoms with Crippen LogP contribution in [0.2, 0.25) is 5.02 Å². The number of carbonyl (C=O) groups is 2. The number of rotatable bonds is 13. The molecular formula is C52H62ClN5O10S. The zero-order valence-electron chi connectivity index (χ0n) is 40.1. The number of ether oxygens (including phenoxy) is 3. The van der Waals surface area contributed by atoms with Crippen molar-refractivity contribution in [2.24, 2.45) is 11.3 Å². The Morgan fingerprint density at radius 3 is 2.38 bits per heavy atom. The molecule has 0 aromatic heterocycles. The summed E-state index contributed by atoms with van der Waals surface area (Å²) in [7, 11) is -4.86. The molecule has 1 N–H and O–H groups in total. The van der Waals surface area contributed by atoms with Gasteiger partial charge in [0.15, 0.2) is 0 Å². The Hall–Kier alpha value is -5.68. The summed E-state index contributed by atoms with van der Waals surface area (Å²) in [6.07, 6.45) is 4.76. The van der Waals surface area contributed by atoms with Crippen molar-refractivity contribution in [2.45, 2.75) is 90.2 Å². The van der Waals surface area contributed by atoms with Crippen molar-refractivity contribution in [3.05, 3.63) is 122 Å². The molecule has 3 aliphatic heterocycles. The average Bonchev–Trinajstić information content (AvgIpc) is 3.31. The lowest BCUT2D eigenvalue weighted by atomic mass is 9.72. The molecule has 2 fully saturated rings. The Balaban J connectivity index is 1.04. The highest BCUT2D eigenvalue weighted by atomic mass is 35.5. The van der Waals surface area contributed by atoms with Crippen molar-refractivity contribution in [1.82, 2.24) is 9.80 Å². The lowest BCUT2D eigenvalue weighted by Crippen LogP contribution is -2.47. The number of anilines is 2. The molecule has 8 rings (SSSR count). The average molecular weight is 985 g/mol. The van der Waals surface area contributed by atoms with Crippen LogP contribution in [-0.2, 0) is 36.7 Å². The third-order valence-corrected chi connectivity index (χ3v) is 14.8. The van der Waals surface area contributed by atoms with Crippen LogP contribution in [0.25, 0.3) is 5.57 Å². The zero-order valence-corrected chi connectivity index (χ0v) is 41.6. The summed E-state index contributed by atoms with van der Waals surface area (Å²) in [5, 5.41) is 16.0. The number of piperazine rings is 1. The molecular weight excluding hydrogens is 922 g/mol. The van der Waals surface area contributed by atoms with E-state index in [0.29, 0.717) is 56.6 Å². The van der Waals surface area contributed by atoms with Gasteiger partial charge in [-0.1, -0.05) is 55.3 Å². The van der Waals surface area contributed by atoms with Gasteiger partial charge in [0.1, 0.15) is 33.2 Å². The first-order valence-corrected chi connectivity index (χ1v) is 25.5. The highest BCUT2D eigenvalue weighted by molar-refractivity contribution is 7.87. The second-order valence-electron chi connectivity index (χ2n) is 20.2. The molecule has 17 heteroatoms. The van der Waals surface area contributed by atoms with E-state index >= 15 is 0 Å². The van der Waals surface area contributed by atoms with Crippen molar-refractivity contribution in [3.63, 3.8) is 0 Å². The predicted octanol–water partition coefficient (Wildman–Crippen LogP) is 10.5. The monoisotopic (exact) mass is 983 g/mol. The van der Waals surface area contributed by atoms with E-state index in [1.165, 1.54) is 34.9 Å². The Bertz CT molecular complexity index is 2710. The van der Waals surface area contributed by atoms with Crippen molar-refractivity contribution in [2.75, 3.05) is 69.2 Å². The number of nitro groups is 1. The molecule has 1 aliphatic carbocycles. The van der Waals surface area contributed by atoms with Crippen LogP contribution < -0.4 is 15.0 Å². The first-order valence-electron chi connectivity index (χ1n) is 23.7. The summed E-state index contributed by atoms with van der Waals surface area (Å²) >= 11 is 6.27. The zero-order chi connectivity index (χ0) is 49.1. The van der Waals surface area contributed by atoms with Crippen LogP contribution in [0.3, 0.4) is 0 Å². The number of fused-ring (bicyclic) bond motifs is 1. The van der Waals surface area contributed by atoms with Gasteiger partial charge in [-0.05, 0) is 130 Å². The molecule has 0 radical (unpaired) electrons. The van der Waals surface area contributed by atoms with Gasteiger partial charge in [-0.15, -0.1) is 0 Å². The maximum Gasteiger partial charge on any atom is 0.410 e. The van der Waals surface area contributed by atoms with Gasteiger partial charge in [0.25, 0.3) is 5.69 Å². The van der Waals surface area contributed by atoms with Gasteiger partial charge in [-0.3, -0.25) is 15.0 Å². The molecule has 0 spiro atoms. The van der Waals surface area contributed by atoms with Crippen molar-refractivity contribution in [3.8, 4) is 11.5 Å². The largest absolute Gasteiger partial charge is 0.456 e. The minimum atomic E-state index is -4.86. The predicted molar refractivity (Wildman–Crippen MR) is 266 cm³/mol. The Morgan fingerprint density at radius 2 is 1.67 bits per heavy atom. The molecule has 4 aromatic carbocycles. The summed E-state index contributed by atoms with van der Waals surface area (Å²) < 4.78 is 50.5. The van der Waals surface area contributed by atoms with Gasteiger partial charge in [0.2, 0.25) is 0 Å². The maximum atomic E-state index is 14.1. The van der Waals surface area contributed by atoms with Crippen LogP contribution in [-0.4, -0.2) is 99.8 Å². The molecule has 3 heterocycles. The molecule has 4 aliphatic rings. The number of hydrogen-bond donors (Lipinski definition) is 1. The molecule has 368 valence electrons. The molecule has 0 bridgehead atoms. The summed E-state index contributed by atoms with van der Waals surface area (Å²) in [6, 6.07) is 22.0. The van der Waals surface area contributed by atoms with Crippen molar-refractivity contribution in [1.29, 1.82) is 0 Å². The van der Waals surface area contributed by atoms with E-state index in [1.54, 1.807) is 29.2 Å². The van der Waals surface area contributed by atoms with E-state index in [4.69, 9.17) is 30.0 Å². The molecule has 2 saturated heterocycles. The highest BCUT2D eigenvalue weighted by Crippen LogP contribution is 2.44. The normalized spacial score (nSPS) is 18.1. The second-order valence-corrected chi connectivity index (χ2v) is 22.2. The summed E-state index contributed by atoms with van der Waals surface area (Å²) in [4.78, 5) is 44.4. The van der Waals surface area contributed by atoms with E-state index < -0.39 is 43.3 Å². The number of carbonyl (C=O) groups excluding carboxylic acids is 2. The Kier molecular flexibility index (Phi) is 14.9. The Morgan fingerprint density at radius 1 is 0.928 bits per heavy atom. The fourth-order valence-corrected chi connectivity index (χ4v) is 10.5. The Labute approximate surface area is 410 Å². The molecule has 1 amide bonds. The molecule has 0 unspecified atom stereocenters. The van der Waals surface area contributed by atoms with E-state index in [9.17, 15) is 28.1 Å². The van der Waals surface area contributed by atoms with Crippen molar-refractivity contribution >= 4 is 56.4 Å². The van der Waals surface area contributed by atoms with E-state index in [0.717, 1.165) is 74.6 Å². The second kappa shape index (κ2) is 20.7. The number of benzene rings is 4. The van der Waals surface area contributed by atoms with Gasteiger partial charge < -0.3 is 33.5 Å². The van der Waals surface area contributed by atoms with Crippen LogP contribution in [0.5, 0.6) is 11.5 Å². The molecule has 15 nitrogen and oxygen atoms in total. The van der Waals surface area contributed by atoms with E-state index in [2.05, 4.69) is 41.1 Å². The third-order valence-electron chi connectivity index (χ3n) is 13.4. The molecule has 4 aromatic rings. The SMILES string of the molecule is CC1(C)CCC(CN2CCN(c3ccc(C(=O)OS(=O)(=O)c4ccc(NCC5CCOCC5)c([N+](=O)[O-])c4)c(Oc4cccc5c4CCN(C(=O)OC(C)(C)C)C5)c3)CC2)=C(c2ccc(Cl)cc2)C1. The number of hydrogen-bond acceptors (Lipinski definition) is 13. The molecule has 0 saturated carbocycles. The first-order chi connectivity index (χ1) is 32.8. The molecule has 69 heavy (non-hydrogen) atoms. The highest BCUT2D eigenvalue weighted by Gasteiger charge is 2.33. The number of nitro benzene ring substituents is 1. The lowest BCUT2D eigenvalue weighted by molar-refractivity contribution is -0.384. The smallest absolute Gasteiger partial charge is 0.410 e. The summed E-state index contributed by atoms with van der Waals surface area (Å²) in [5.74, 6) is -0.461. The molecule has 0 atom stereocenters. The van der Waals surface area contributed by atoms with Gasteiger partial charge in [-0.25, -0.2) is 9.59 Å². The van der Waals surface area contributed by atoms with Crippen LogP contribution in [0.1, 0.15) is 93.8 Å². The van der Waals surface area contributed by atoms with Crippen LogP contribution >= 0.6 is 11.6 Å². The van der Waals surface area contributed by atoms with Crippen LogP contribution in [0, 0.1) is 21.4 Å². The number of nitrogens with one attached hydrogen (secondary N) is 1. The van der Waals surface area contributed by atoms with Gasteiger partial charge in [0.05, 0.1) is 4.92 Å².